The van der Waals surface area contributed by atoms with Crippen LogP contribution >= 0.6 is 11.6 Å². The van der Waals surface area contributed by atoms with Gasteiger partial charge in [0, 0.05) is 10.6 Å². The average Bonchev–Trinajstić information content (AvgIpc) is 3.11. The van der Waals surface area contributed by atoms with Gasteiger partial charge in [0.25, 0.3) is 5.91 Å². The molecule has 1 N–H and O–H groups in total. The average molecular weight is 358 g/mol. The molecular formula is C18H16ClN3O3. The number of carbonyl (C=O) groups is 1. The molecule has 0 radical (unpaired) electrons. The summed E-state index contributed by atoms with van der Waals surface area (Å²) < 4.78 is 10.6. The fourth-order valence-electron chi connectivity index (χ4n) is 2.32. The number of para-hydroxylation sites is 1. The second-order valence-electron chi connectivity index (χ2n) is 5.36. The Bertz CT molecular complexity index is 895. The van der Waals surface area contributed by atoms with Gasteiger partial charge in [0.05, 0.1) is 12.7 Å². The number of benzene rings is 2. The van der Waals surface area contributed by atoms with Gasteiger partial charge in [-0.2, -0.15) is 4.98 Å². The molecule has 1 atom stereocenters. The third-order valence-electron chi connectivity index (χ3n) is 3.59. The van der Waals surface area contributed by atoms with Gasteiger partial charge in [-0.15, -0.1) is 0 Å². The van der Waals surface area contributed by atoms with E-state index >= 15 is 0 Å². The molecule has 1 heterocycles. The van der Waals surface area contributed by atoms with E-state index < -0.39 is 6.04 Å². The highest BCUT2D eigenvalue weighted by molar-refractivity contribution is 6.30. The molecule has 25 heavy (non-hydrogen) atoms. The lowest BCUT2D eigenvalue weighted by atomic mass is 10.2. The topological polar surface area (TPSA) is 77.3 Å². The lowest BCUT2D eigenvalue weighted by molar-refractivity contribution is 0.0932. The lowest BCUT2D eigenvalue weighted by Crippen LogP contribution is -2.26. The quantitative estimate of drug-likeness (QED) is 0.749. The fourth-order valence-corrected chi connectivity index (χ4v) is 2.51. The first kappa shape index (κ1) is 17.0. The van der Waals surface area contributed by atoms with Crippen LogP contribution in [0.4, 0.5) is 0 Å². The Morgan fingerprint density at radius 3 is 2.80 bits per heavy atom. The van der Waals surface area contributed by atoms with Gasteiger partial charge < -0.3 is 14.6 Å². The molecule has 3 aromatic rings. The van der Waals surface area contributed by atoms with E-state index in [1.54, 1.807) is 38.3 Å². The van der Waals surface area contributed by atoms with Crippen LogP contribution in [0.5, 0.6) is 5.75 Å². The summed E-state index contributed by atoms with van der Waals surface area (Å²) in [7, 11) is 1.58. The number of carbonyl (C=O) groups excluding carboxylic acids is 1. The third kappa shape index (κ3) is 3.80. The highest BCUT2D eigenvalue weighted by atomic mass is 35.5. The first-order chi connectivity index (χ1) is 12.1. The number of amides is 1. The predicted octanol–water partition coefficient (Wildman–Crippen LogP) is 3.89. The van der Waals surface area contributed by atoms with Crippen molar-refractivity contribution in [1.29, 1.82) is 0 Å². The van der Waals surface area contributed by atoms with Crippen LogP contribution in [0, 0.1) is 0 Å². The smallest absolute Gasteiger partial charge is 0.251 e. The molecule has 1 amide bonds. The van der Waals surface area contributed by atoms with Crippen LogP contribution in [-0.2, 0) is 0 Å². The van der Waals surface area contributed by atoms with Crippen molar-refractivity contribution in [2.75, 3.05) is 7.11 Å². The molecule has 0 aliphatic carbocycles. The van der Waals surface area contributed by atoms with Gasteiger partial charge >= 0.3 is 0 Å². The summed E-state index contributed by atoms with van der Waals surface area (Å²) in [6.45, 7) is 1.77. The van der Waals surface area contributed by atoms with Gasteiger partial charge in [0.1, 0.15) is 11.8 Å². The molecular weight excluding hydrogens is 342 g/mol. The summed E-state index contributed by atoms with van der Waals surface area (Å²) in [4.78, 5) is 16.6. The van der Waals surface area contributed by atoms with E-state index in [4.69, 9.17) is 20.9 Å². The van der Waals surface area contributed by atoms with Gasteiger partial charge in [-0.05, 0) is 37.3 Å². The van der Waals surface area contributed by atoms with Gasteiger partial charge in [0.15, 0.2) is 0 Å². The van der Waals surface area contributed by atoms with E-state index in [-0.39, 0.29) is 5.91 Å². The molecule has 0 fully saturated rings. The zero-order valence-electron chi connectivity index (χ0n) is 13.7. The van der Waals surface area contributed by atoms with E-state index in [2.05, 4.69) is 15.5 Å². The van der Waals surface area contributed by atoms with Crippen LogP contribution in [0.2, 0.25) is 5.02 Å². The van der Waals surface area contributed by atoms with E-state index in [1.807, 2.05) is 24.3 Å². The number of rotatable bonds is 5. The van der Waals surface area contributed by atoms with Gasteiger partial charge in [-0.25, -0.2) is 0 Å². The van der Waals surface area contributed by atoms with Gasteiger partial charge in [-0.1, -0.05) is 35.0 Å². The number of nitrogens with one attached hydrogen (secondary N) is 1. The van der Waals surface area contributed by atoms with E-state index in [9.17, 15) is 4.79 Å². The highest BCUT2D eigenvalue weighted by Gasteiger charge is 2.19. The van der Waals surface area contributed by atoms with Crippen LogP contribution in [0.3, 0.4) is 0 Å². The maximum Gasteiger partial charge on any atom is 0.251 e. The molecule has 0 bridgehead atoms. The summed E-state index contributed by atoms with van der Waals surface area (Å²) in [5.74, 6) is 1.07. The van der Waals surface area contributed by atoms with Crippen molar-refractivity contribution in [2.24, 2.45) is 0 Å². The Morgan fingerprint density at radius 2 is 2.04 bits per heavy atom. The summed E-state index contributed by atoms with van der Waals surface area (Å²) in [6, 6.07) is 13.6. The van der Waals surface area contributed by atoms with Crippen LogP contribution in [0.15, 0.2) is 53.1 Å². The van der Waals surface area contributed by atoms with Crippen LogP contribution in [0.1, 0.15) is 29.2 Å². The first-order valence-electron chi connectivity index (χ1n) is 7.62. The van der Waals surface area contributed by atoms with Crippen molar-refractivity contribution < 1.29 is 14.1 Å². The van der Waals surface area contributed by atoms with Crippen molar-refractivity contribution in [3.8, 4) is 17.1 Å². The zero-order valence-corrected chi connectivity index (χ0v) is 14.4. The number of hydrogen-bond acceptors (Lipinski definition) is 5. The molecule has 128 valence electrons. The molecule has 1 aromatic heterocycles. The van der Waals surface area contributed by atoms with Crippen molar-refractivity contribution in [1.82, 2.24) is 15.5 Å². The van der Waals surface area contributed by atoms with Crippen molar-refractivity contribution >= 4 is 17.5 Å². The van der Waals surface area contributed by atoms with Crippen molar-refractivity contribution in [3.05, 3.63) is 65.0 Å². The summed E-state index contributed by atoms with van der Waals surface area (Å²) in [6.07, 6.45) is 0. The number of ether oxygens (including phenoxy) is 1. The van der Waals surface area contributed by atoms with Crippen LogP contribution in [0.25, 0.3) is 11.4 Å². The Morgan fingerprint density at radius 1 is 1.24 bits per heavy atom. The lowest BCUT2D eigenvalue weighted by Gasteiger charge is -2.09. The van der Waals surface area contributed by atoms with Gasteiger partial charge in [0.2, 0.25) is 11.7 Å². The third-order valence-corrected chi connectivity index (χ3v) is 3.83. The molecule has 0 aliphatic rings. The summed E-state index contributed by atoms with van der Waals surface area (Å²) in [5.41, 5.74) is 1.18. The minimum absolute atomic E-state index is 0.271. The van der Waals surface area contributed by atoms with Crippen molar-refractivity contribution in [2.45, 2.75) is 13.0 Å². The number of hydrogen-bond donors (Lipinski definition) is 1. The molecule has 7 heteroatoms. The van der Waals surface area contributed by atoms with E-state index in [0.717, 1.165) is 0 Å². The second kappa shape index (κ2) is 7.36. The molecule has 0 unspecified atom stereocenters. The van der Waals surface area contributed by atoms with Crippen LogP contribution < -0.4 is 10.1 Å². The normalized spacial score (nSPS) is 11.8. The van der Waals surface area contributed by atoms with E-state index in [1.165, 1.54) is 0 Å². The predicted molar refractivity (Wildman–Crippen MR) is 93.6 cm³/mol. The standard InChI is InChI=1S/C18H16ClN3O3/c1-11(20-17(23)12-6-5-7-13(19)10-12)18-21-16(22-25-18)14-8-3-4-9-15(14)24-2/h3-11H,1-2H3,(H,20,23)/t11-/m0/s1. The minimum Gasteiger partial charge on any atom is -0.496 e. The summed E-state index contributed by atoms with van der Waals surface area (Å²) in [5, 5.41) is 7.28. The Labute approximate surface area is 149 Å². The van der Waals surface area contributed by atoms with Crippen molar-refractivity contribution in [3.63, 3.8) is 0 Å². The monoisotopic (exact) mass is 357 g/mol. The molecule has 0 aliphatic heterocycles. The van der Waals surface area contributed by atoms with Crippen LogP contribution in [-0.4, -0.2) is 23.2 Å². The van der Waals surface area contributed by atoms with E-state index in [0.29, 0.717) is 33.6 Å². The highest BCUT2D eigenvalue weighted by Crippen LogP contribution is 2.28. The van der Waals surface area contributed by atoms with Gasteiger partial charge in [-0.3, -0.25) is 4.79 Å². The summed E-state index contributed by atoms with van der Waals surface area (Å²) >= 11 is 5.91. The number of halogens is 1. The molecule has 2 aromatic carbocycles. The SMILES string of the molecule is COc1ccccc1-c1noc([C@H](C)NC(=O)c2cccc(Cl)c2)n1. The molecule has 0 spiro atoms. The zero-order chi connectivity index (χ0) is 17.8. The fraction of sp³-hybridized carbons (Fsp3) is 0.167. The largest absolute Gasteiger partial charge is 0.496 e. The molecule has 6 nitrogen and oxygen atoms in total. The molecule has 3 rings (SSSR count). The first-order valence-corrected chi connectivity index (χ1v) is 7.99. The maximum absolute atomic E-state index is 12.3. The molecule has 0 saturated carbocycles. The number of aromatic nitrogens is 2. The minimum atomic E-state index is -0.456. The number of nitrogens with zero attached hydrogens (tertiary/aromatic N) is 2. The maximum atomic E-state index is 12.3. The number of methoxy groups -OCH3 is 1. The Kier molecular flexibility index (Phi) is 5.00. The Hall–Kier alpha value is -2.86. The Balaban J connectivity index is 1.77. The second-order valence-corrected chi connectivity index (χ2v) is 5.80. The molecule has 0 saturated heterocycles.